The number of rotatable bonds is 3. The summed E-state index contributed by atoms with van der Waals surface area (Å²) in [6, 6.07) is 2.13. The Morgan fingerprint density at radius 1 is 1.56 bits per heavy atom. The highest BCUT2D eigenvalue weighted by Crippen LogP contribution is 2.22. The van der Waals surface area contributed by atoms with Gasteiger partial charge in [0.2, 0.25) is 0 Å². The molecule has 0 aromatic carbocycles. The maximum absolute atomic E-state index is 11.9. The number of methoxy groups -OCH3 is 1. The molecule has 1 atom stereocenters. The predicted molar refractivity (Wildman–Crippen MR) is 68.0 cm³/mol. The average Bonchev–Trinajstić information content (AvgIpc) is 2.84. The van der Waals surface area contributed by atoms with E-state index in [0.717, 1.165) is 25.9 Å². The normalized spacial score (nSPS) is 18.9. The van der Waals surface area contributed by atoms with E-state index in [1.54, 1.807) is 20.1 Å². The zero-order chi connectivity index (χ0) is 13.1. The molecule has 2 rings (SSSR count). The van der Waals surface area contributed by atoms with Crippen molar-refractivity contribution in [3.63, 3.8) is 0 Å². The van der Waals surface area contributed by atoms with E-state index < -0.39 is 0 Å². The Morgan fingerprint density at radius 3 is 2.72 bits per heavy atom. The molecule has 1 aromatic heterocycles. The van der Waals surface area contributed by atoms with E-state index in [0.29, 0.717) is 11.9 Å². The molecule has 1 aromatic rings. The summed E-state index contributed by atoms with van der Waals surface area (Å²) in [6.45, 7) is 3.27. The van der Waals surface area contributed by atoms with Crippen LogP contribution in [0.5, 0.6) is 0 Å². The van der Waals surface area contributed by atoms with Gasteiger partial charge in [-0.15, -0.1) is 0 Å². The third kappa shape index (κ3) is 2.64. The molecule has 0 radical (unpaired) electrons. The summed E-state index contributed by atoms with van der Waals surface area (Å²) in [5.74, 6) is 0.609. The minimum atomic E-state index is -0.359. The molecule has 1 fully saturated rings. The lowest BCUT2D eigenvalue weighted by molar-refractivity contribution is -0.142. The Morgan fingerprint density at radius 2 is 2.22 bits per heavy atom. The number of nitrogen functional groups attached to an aromatic ring is 1. The van der Waals surface area contributed by atoms with Crippen LogP contribution in [-0.2, 0) is 9.53 Å². The van der Waals surface area contributed by atoms with Crippen molar-refractivity contribution in [2.45, 2.75) is 31.9 Å². The molecular formula is C12H20N4O2. The highest BCUT2D eigenvalue weighted by Gasteiger charge is 2.26. The Labute approximate surface area is 107 Å². The number of carbonyl (C=O) groups is 1. The Hall–Kier alpha value is -1.56. The van der Waals surface area contributed by atoms with Crippen molar-refractivity contribution in [1.82, 2.24) is 14.7 Å². The summed E-state index contributed by atoms with van der Waals surface area (Å²) in [5.41, 5.74) is 5.61. The van der Waals surface area contributed by atoms with Gasteiger partial charge in [0.1, 0.15) is 11.9 Å². The van der Waals surface area contributed by atoms with Crippen LogP contribution in [-0.4, -0.2) is 46.9 Å². The number of amides is 1. The van der Waals surface area contributed by atoms with Crippen molar-refractivity contribution >= 4 is 11.7 Å². The molecule has 18 heavy (non-hydrogen) atoms. The number of likely N-dealkylation sites (tertiary alicyclic amines) is 1. The maximum atomic E-state index is 11.9. The monoisotopic (exact) mass is 252 g/mol. The van der Waals surface area contributed by atoms with Crippen molar-refractivity contribution in [3.8, 4) is 0 Å². The second kappa shape index (κ2) is 5.39. The zero-order valence-corrected chi connectivity index (χ0v) is 10.9. The van der Waals surface area contributed by atoms with Crippen LogP contribution in [0.4, 0.5) is 5.82 Å². The quantitative estimate of drug-likeness (QED) is 0.857. The molecule has 1 aliphatic heterocycles. The van der Waals surface area contributed by atoms with Gasteiger partial charge in [-0.2, -0.15) is 5.10 Å². The molecule has 1 saturated heterocycles. The standard InChI is InChI=1S/C12H20N4O2/c1-9(18-2)12(17)15-6-3-10(4-7-15)16-8-5-11(13)14-16/h5,8-10H,3-4,6-7H2,1-2H3,(H2,13,14). The first-order valence-electron chi connectivity index (χ1n) is 6.24. The van der Waals surface area contributed by atoms with Gasteiger partial charge in [0.15, 0.2) is 0 Å². The number of nitrogens with two attached hydrogens (primary N) is 1. The Bertz CT molecular complexity index is 410. The Balaban J connectivity index is 1.90. The highest BCUT2D eigenvalue weighted by molar-refractivity contribution is 5.80. The van der Waals surface area contributed by atoms with Crippen molar-refractivity contribution in [2.75, 3.05) is 25.9 Å². The van der Waals surface area contributed by atoms with Crippen molar-refractivity contribution < 1.29 is 9.53 Å². The fraction of sp³-hybridized carbons (Fsp3) is 0.667. The smallest absolute Gasteiger partial charge is 0.251 e. The number of hydrogen-bond donors (Lipinski definition) is 1. The number of aromatic nitrogens is 2. The van der Waals surface area contributed by atoms with Crippen LogP contribution >= 0.6 is 0 Å². The van der Waals surface area contributed by atoms with E-state index in [1.165, 1.54) is 0 Å². The fourth-order valence-corrected chi connectivity index (χ4v) is 2.26. The van der Waals surface area contributed by atoms with Crippen LogP contribution in [0.1, 0.15) is 25.8 Å². The van der Waals surface area contributed by atoms with Gasteiger partial charge in [-0.25, -0.2) is 0 Å². The number of carbonyl (C=O) groups excluding carboxylic acids is 1. The van der Waals surface area contributed by atoms with Gasteiger partial charge in [0, 0.05) is 26.4 Å². The lowest BCUT2D eigenvalue weighted by Gasteiger charge is -2.33. The van der Waals surface area contributed by atoms with Crippen molar-refractivity contribution in [3.05, 3.63) is 12.3 Å². The summed E-state index contributed by atoms with van der Waals surface area (Å²) in [5, 5.41) is 4.22. The molecule has 0 bridgehead atoms. The average molecular weight is 252 g/mol. The third-order valence-corrected chi connectivity index (χ3v) is 3.48. The van der Waals surface area contributed by atoms with Crippen LogP contribution in [0.25, 0.3) is 0 Å². The topological polar surface area (TPSA) is 73.4 Å². The number of nitrogens with zero attached hydrogens (tertiary/aromatic N) is 3. The van der Waals surface area contributed by atoms with E-state index in [4.69, 9.17) is 10.5 Å². The summed E-state index contributed by atoms with van der Waals surface area (Å²) >= 11 is 0. The Kier molecular flexibility index (Phi) is 3.86. The maximum Gasteiger partial charge on any atom is 0.251 e. The van der Waals surface area contributed by atoms with Crippen LogP contribution in [0, 0.1) is 0 Å². The van der Waals surface area contributed by atoms with Crippen LogP contribution in [0.2, 0.25) is 0 Å². The van der Waals surface area contributed by atoms with Gasteiger partial charge in [0.25, 0.3) is 5.91 Å². The van der Waals surface area contributed by atoms with E-state index in [1.807, 2.05) is 15.8 Å². The lowest BCUT2D eigenvalue weighted by Crippen LogP contribution is -2.43. The van der Waals surface area contributed by atoms with E-state index >= 15 is 0 Å². The van der Waals surface area contributed by atoms with Gasteiger partial charge in [0.05, 0.1) is 6.04 Å². The largest absolute Gasteiger partial charge is 0.382 e. The first-order valence-corrected chi connectivity index (χ1v) is 6.24. The van der Waals surface area contributed by atoms with Crippen LogP contribution < -0.4 is 5.73 Å². The van der Waals surface area contributed by atoms with Gasteiger partial charge >= 0.3 is 0 Å². The fourth-order valence-electron chi connectivity index (χ4n) is 2.26. The second-order valence-electron chi connectivity index (χ2n) is 4.66. The van der Waals surface area contributed by atoms with E-state index in [2.05, 4.69) is 5.10 Å². The SMILES string of the molecule is COC(C)C(=O)N1CCC(n2ccc(N)n2)CC1. The second-order valence-corrected chi connectivity index (χ2v) is 4.66. The number of hydrogen-bond acceptors (Lipinski definition) is 4. The first-order chi connectivity index (χ1) is 8.61. The minimum absolute atomic E-state index is 0.0657. The van der Waals surface area contributed by atoms with Crippen LogP contribution in [0.15, 0.2) is 12.3 Å². The first kappa shape index (κ1) is 12.9. The zero-order valence-electron chi connectivity index (χ0n) is 10.9. The van der Waals surface area contributed by atoms with E-state index in [-0.39, 0.29) is 12.0 Å². The molecule has 0 aliphatic carbocycles. The molecule has 100 valence electrons. The molecule has 1 unspecified atom stereocenters. The summed E-state index contributed by atoms with van der Waals surface area (Å²) in [7, 11) is 1.56. The molecule has 1 amide bonds. The molecule has 0 saturated carbocycles. The van der Waals surface area contributed by atoms with Crippen LogP contribution in [0.3, 0.4) is 0 Å². The summed E-state index contributed by atoms with van der Waals surface area (Å²) in [6.07, 6.45) is 3.35. The summed E-state index contributed by atoms with van der Waals surface area (Å²) < 4.78 is 6.95. The number of piperidine rings is 1. The number of ether oxygens (including phenoxy) is 1. The third-order valence-electron chi connectivity index (χ3n) is 3.48. The molecule has 0 spiro atoms. The number of anilines is 1. The molecule has 6 nitrogen and oxygen atoms in total. The predicted octanol–water partition coefficient (Wildman–Crippen LogP) is 0.664. The molecule has 2 N–H and O–H groups in total. The van der Waals surface area contributed by atoms with Gasteiger partial charge in [-0.1, -0.05) is 0 Å². The van der Waals surface area contributed by atoms with Gasteiger partial charge < -0.3 is 15.4 Å². The molecule has 1 aliphatic rings. The molecule has 2 heterocycles. The van der Waals surface area contributed by atoms with Crippen molar-refractivity contribution in [1.29, 1.82) is 0 Å². The van der Waals surface area contributed by atoms with Gasteiger partial charge in [-0.05, 0) is 25.8 Å². The highest BCUT2D eigenvalue weighted by atomic mass is 16.5. The minimum Gasteiger partial charge on any atom is -0.382 e. The van der Waals surface area contributed by atoms with E-state index in [9.17, 15) is 4.79 Å². The van der Waals surface area contributed by atoms with Crippen molar-refractivity contribution in [2.24, 2.45) is 0 Å². The molecular weight excluding hydrogens is 232 g/mol. The molecule has 6 heteroatoms. The summed E-state index contributed by atoms with van der Waals surface area (Å²) in [4.78, 5) is 13.8. The lowest BCUT2D eigenvalue weighted by atomic mass is 10.0. The van der Waals surface area contributed by atoms with Gasteiger partial charge in [-0.3, -0.25) is 9.48 Å².